The summed E-state index contributed by atoms with van der Waals surface area (Å²) in [6, 6.07) is 30.0. The normalized spacial score (nSPS) is 10.3. The molecule has 4 aromatic rings. The molecule has 0 aliphatic rings. The Morgan fingerprint density at radius 1 is 0.724 bits per heavy atom. The number of carbonyl (C=O) groups is 1. The van der Waals surface area contributed by atoms with Crippen molar-refractivity contribution in [2.75, 3.05) is 0 Å². The van der Waals surface area contributed by atoms with Gasteiger partial charge >= 0.3 is 5.97 Å². The second kappa shape index (κ2) is 8.46. The molecule has 140 valence electrons. The predicted molar refractivity (Wildman–Crippen MR) is 117 cm³/mol. The van der Waals surface area contributed by atoms with E-state index in [1.807, 2.05) is 30.3 Å². The van der Waals surface area contributed by atoms with Gasteiger partial charge in [0, 0.05) is 12.0 Å². The third-order valence-corrected chi connectivity index (χ3v) is 4.88. The second-order valence-corrected chi connectivity index (χ2v) is 7.04. The van der Waals surface area contributed by atoms with Crippen molar-refractivity contribution in [1.29, 1.82) is 0 Å². The fourth-order valence-electron chi connectivity index (χ4n) is 3.33. The number of fused-ring (bicyclic) bond motifs is 1. The molecular formula is C27H20O2. The fraction of sp³-hybridized carbons (Fsp3) is 0.0741. The summed E-state index contributed by atoms with van der Waals surface area (Å²) in [5.41, 5.74) is 4.82. The van der Waals surface area contributed by atoms with Gasteiger partial charge in [0.1, 0.15) is 0 Å². The van der Waals surface area contributed by atoms with E-state index in [0.717, 1.165) is 29.4 Å². The zero-order valence-electron chi connectivity index (χ0n) is 15.9. The molecular weight excluding hydrogens is 356 g/mol. The van der Waals surface area contributed by atoms with E-state index in [1.165, 1.54) is 16.5 Å². The highest BCUT2D eigenvalue weighted by Gasteiger charge is 2.03. The molecule has 4 aromatic carbocycles. The quantitative estimate of drug-likeness (QED) is 0.462. The first-order valence-electron chi connectivity index (χ1n) is 9.55. The SMILES string of the molecule is O=C(O)c1ccc(Cc2ccc3ccc(C#CCc4ccccc4)cc3c2)cc1. The summed E-state index contributed by atoms with van der Waals surface area (Å²) in [7, 11) is 0. The molecule has 0 aromatic heterocycles. The van der Waals surface area contributed by atoms with Crippen LogP contribution in [-0.2, 0) is 12.8 Å². The van der Waals surface area contributed by atoms with E-state index < -0.39 is 5.97 Å². The number of carboxylic acids is 1. The first-order valence-corrected chi connectivity index (χ1v) is 9.55. The van der Waals surface area contributed by atoms with Gasteiger partial charge in [-0.1, -0.05) is 78.6 Å². The maximum atomic E-state index is 11.0. The average molecular weight is 376 g/mol. The molecule has 0 saturated heterocycles. The zero-order valence-corrected chi connectivity index (χ0v) is 15.9. The number of carboxylic acid groups (broad SMARTS) is 1. The first kappa shape index (κ1) is 18.5. The molecule has 0 saturated carbocycles. The molecule has 0 spiro atoms. The molecule has 0 amide bonds. The van der Waals surface area contributed by atoms with Gasteiger partial charge in [-0.2, -0.15) is 0 Å². The maximum Gasteiger partial charge on any atom is 0.335 e. The van der Waals surface area contributed by atoms with Gasteiger partial charge in [-0.15, -0.1) is 0 Å². The van der Waals surface area contributed by atoms with Crippen LogP contribution in [0.3, 0.4) is 0 Å². The summed E-state index contributed by atoms with van der Waals surface area (Å²) in [6.07, 6.45) is 1.50. The molecule has 2 nitrogen and oxygen atoms in total. The van der Waals surface area contributed by atoms with Crippen LogP contribution in [0.4, 0.5) is 0 Å². The molecule has 0 unspecified atom stereocenters. The summed E-state index contributed by atoms with van der Waals surface area (Å²) in [5, 5.41) is 11.4. The largest absolute Gasteiger partial charge is 0.478 e. The lowest BCUT2D eigenvalue weighted by atomic mass is 9.99. The van der Waals surface area contributed by atoms with E-state index in [9.17, 15) is 4.79 Å². The fourth-order valence-corrected chi connectivity index (χ4v) is 3.33. The van der Waals surface area contributed by atoms with Crippen molar-refractivity contribution in [2.45, 2.75) is 12.8 Å². The van der Waals surface area contributed by atoms with Crippen LogP contribution in [0, 0.1) is 11.8 Å². The van der Waals surface area contributed by atoms with E-state index in [1.54, 1.807) is 12.1 Å². The highest BCUT2D eigenvalue weighted by atomic mass is 16.4. The van der Waals surface area contributed by atoms with Crippen LogP contribution in [0.15, 0.2) is 91.0 Å². The Hall–Kier alpha value is -3.83. The van der Waals surface area contributed by atoms with Gasteiger partial charge in [-0.25, -0.2) is 4.79 Å². The van der Waals surface area contributed by atoms with Gasteiger partial charge in [0.2, 0.25) is 0 Å². The lowest BCUT2D eigenvalue weighted by Gasteiger charge is -2.06. The topological polar surface area (TPSA) is 37.3 Å². The van der Waals surface area contributed by atoms with E-state index in [-0.39, 0.29) is 0 Å². The Labute approximate surface area is 170 Å². The summed E-state index contributed by atoms with van der Waals surface area (Å²) >= 11 is 0. The third-order valence-electron chi connectivity index (χ3n) is 4.88. The van der Waals surface area contributed by atoms with E-state index >= 15 is 0 Å². The smallest absolute Gasteiger partial charge is 0.335 e. The Morgan fingerprint density at radius 2 is 1.45 bits per heavy atom. The van der Waals surface area contributed by atoms with Crippen LogP contribution >= 0.6 is 0 Å². The van der Waals surface area contributed by atoms with Gasteiger partial charge in [0.15, 0.2) is 0 Å². The van der Waals surface area contributed by atoms with Crippen LogP contribution in [0.5, 0.6) is 0 Å². The monoisotopic (exact) mass is 376 g/mol. The molecule has 2 heteroatoms. The van der Waals surface area contributed by atoms with Crippen molar-refractivity contribution in [3.63, 3.8) is 0 Å². The number of rotatable bonds is 4. The zero-order chi connectivity index (χ0) is 20.1. The van der Waals surface area contributed by atoms with Crippen molar-refractivity contribution in [1.82, 2.24) is 0 Å². The van der Waals surface area contributed by atoms with Gasteiger partial charge in [0.25, 0.3) is 0 Å². The Bertz CT molecular complexity index is 1210. The molecule has 0 heterocycles. The van der Waals surface area contributed by atoms with Crippen LogP contribution in [-0.4, -0.2) is 11.1 Å². The summed E-state index contributed by atoms with van der Waals surface area (Å²) in [4.78, 5) is 11.0. The van der Waals surface area contributed by atoms with Gasteiger partial charge in [-0.05, 0) is 58.1 Å². The molecule has 0 bridgehead atoms. The van der Waals surface area contributed by atoms with Crippen molar-refractivity contribution in [3.05, 3.63) is 119 Å². The molecule has 0 radical (unpaired) electrons. The Morgan fingerprint density at radius 3 is 2.21 bits per heavy atom. The lowest BCUT2D eigenvalue weighted by Crippen LogP contribution is -1.96. The standard InChI is InChI=1S/C27H20O2/c28-27(29)25-15-10-22(11-16-25)17-23-12-14-24-13-9-21(18-26(24)19-23)8-4-7-20-5-2-1-3-6-20/h1-3,5-6,9-16,18-19H,7,17H2,(H,28,29). The first-order chi connectivity index (χ1) is 14.2. The molecule has 0 aliphatic heterocycles. The number of benzene rings is 4. The van der Waals surface area contributed by atoms with Crippen LogP contribution in [0.25, 0.3) is 10.8 Å². The van der Waals surface area contributed by atoms with E-state index in [0.29, 0.717) is 5.56 Å². The average Bonchev–Trinajstić information content (AvgIpc) is 2.75. The summed E-state index contributed by atoms with van der Waals surface area (Å²) in [5.74, 6) is 5.62. The molecule has 0 atom stereocenters. The Kier molecular flexibility index (Phi) is 5.40. The minimum Gasteiger partial charge on any atom is -0.478 e. The molecule has 4 rings (SSSR count). The maximum absolute atomic E-state index is 11.0. The molecule has 1 N–H and O–H groups in total. The molecule has 0 fully saturated rings. The van der Waals surface area contributed by atoms with Crippen LogP contribution < -0.4 is 0 Å². The lowest BCUT2D eigenvalue weighted by molar-refractivity contribution is 0.0697. The van der Waals surface area contributed by atoms with Crippen molar-refractivity contribution in [2.24, 2.45) is 0 Å². The number of hydrogen-bond donors (Lipinski definition) is 1. The molecule has 29 heavy (non-hydrogen) atoms. The summed E-state index contributed by atoms with van der Waals surface area (Å²) in [6.45, 7) is 0. The highest BCUT2D eigenvalue weighted by molar-refractivity contribution is 5.87. The minimum atomic E-state index is -0.900. The Balaban J connectivity index is 1.53. The van der Waals surface area contributed by atoms with Crippen molar-refractivity contribution >= 4 is 16.7 Å². The number of aromatic carboxylic acids is 1. The minimum absolute atomic E-state index is 0.311. The van der Waals surface area contributed by atoms with Crippen LogP contribution in [0.2, 0.25) is 0 Å². The van der Waals surface area contributed by atoms with E-state index in [2.05, 4.69) is 60.4 Å². The van der Waals surface area contributed by atoms with Gasteiger partial charge < -0.3 is 5.11 Å². The predicted octanol–water partition coefficient (Wildman–Crippen LogP) is 5.72. The van der Waals surface area contributed by atoms with Gasteiger partial charge in [-0.3, -0.25) is 0 Å². The van der Waals surface area contributed by atoms with Gasteiger partial charge in [0.05, 0.1) is 5.56 Å². The third kappa shape index (κ3) is 4.72. The van der Waals surface area contributed by atoms with Crippen molar-refractivity contribution in [3.8, 4) is 11.8 Å². The summed E-state index contributed by atoms with van der Waals surface area (Å²) < 4.78 is 0. The van der Waals surface area contributed by atoms with E-state index in [4.69, 9.17) is 5.11 Å². The second-order valence-electron chi connectivity index (χ2n) is 7.04. The number of hydrogen-bond acceptors (Lipinski definition) is 1. The van der Waals surface area contributed by atoms with Crippen molar-refractivity contribution < 1.29 is 9.90 Å². The van der Waals surface area contributed by atoms with Crippen LogP contribution in [0.1, 0.15) is 32.6 Å². The highest BCUT2D eigenvalue weighted by Crippen LogP contribution is 2.20. The molecule has 0 aliphatic carbocycles.